The Kier molecular flexibility index (Phi) is 7.87. The summed E-state index contributed by atoms with van der Waals surface area (Å²) in [5.41, 5.74) is 2.96. The number of piperazine rings is 2. The predicted octanol–water partition coefficient (Wildman–Crippen LogP) is -0.0560. The Morgan fingerprint density at radius 1 is 0.618 bits per heavy atom. The van der Waals surface area contributed by atoms with Gasteiger partial charge in [0.1, 0.15) is 25.7 Å². The number of benzene rings is 1. The van der Waals surface area contributed by atoms with Gasteiger partial charge in [-0.25, -0.2) is 0 Å². The summed E-state index contributed by atoms with van der Waals surface area (Å²) in [5.74, 6) is 0. The summed E-state index contributed by atoms with van der Waals surface area (Å²) in [5, 5.41) is 14.5. The van der Waals surface area contributed by atoms with Gasteiger partial charge in [0, 0.05) is 11.1 Å². The molecule has 0 bridgehead atoms. The van der Waals surface area contributed by atoms with Gasteiger partial charge in [0.05, 0.1) is 66.5 Å². The summed E-state index contributed by atoms with van der Waals surface area (Å²) < 4.78 is 2.30. The van der Waals surface area contributed by atoms with E-state index in [1.54, 1.807) is 0 Å². The summed E-state index contributed by atoms with van der Waals surface area (Å²) in [7, 11) is 4.88. The third-order valence-corrected chi connectivity index (χ3v) is 8.65. The molecule has 190 valence electrons. The summed E-state index contributed by atoms with van der Waals surface area (Å²) in [6.07, 6.45) is 3.23. The molecule has 4 N–H and O–H groups in total. The molecule has 0 aliphatic carbocycles. The minimum absolute atomic E-state index is 0.378. The maximum atomic E-state index is 3.63. The smallest absolute Gasteiger partial charge is 0.114 e. The number of nitrogens with zero attached hydrogens (tertiary/aromatic N) is 4. The molecule has 0 spiro atoms. The second-order valence-corrected chi connectivity index (χ2v) is 11.7. The van der Waals surface area contributed by atoms with Crippen LogP contribution in [0.3, 0.4) is 0 Å². The molecule has 4 aliphatic heterocycles. The average molecular weight is 473 g/mol. The second-order valence-electron chi connectivity index (χ2n) is 11.7. The standard InChI is InChI=1S/C26H48N8/c1-33(17-13-31(14-18-33)25-27-9-3-10-28-25)21-23-5-7-24(8-6-23)22-34(2)19-15-32(16-20-34)26-29-11-4-12-30-26/h5-8,25-30H,3-4,9-22H2,1-2H3/q+2. The van der Waals surface area contributed by atoms with E-state index in [0.29, 0.717) is 12.6 Å². The molecule has 0 aromatic heterocycles. The number of hydrogen-bond acceptors (Lipinski definition) is 6. The van der Waals surface area contributed by atoms with Crippen LogP contribution in [-0.4, -0.2) is 124 Å². The molecule has 0 amide bonds. The molecule has 4 saturated heterocycles. The lowest BCUT2D eigenvalue weighted by molar-refractivity contribution is -0.927. The van der Waals surface area contributed by atoms with Gasteiger partial charge in [-0.15, -0.1) is 0 Å². The van der Waals surface area contributed by atoms with Gasteiger partial charge >= 0.3 is 0 Å². The van der Waals surface area contributed by atoms with E-state index in [9.17, 15) is 0 Å². The Balaban J connectivity index is 1.09. The van der Waals surface area contributed by atoms with Gasteiger partial charge in [0.25, 0.3) is 0 Å². The lowest BCUT2D eigenvalue weighted by Crippen LogP contribution is -2.65. The number of likely N-dealkylation sites (N-methyl/N-ethyl adjacent to an activating group) is 2. The second kappa shape index (κ2) is 10.9. The van der Waals surface area contributed by atoms with Crippen molar-refractivity contribution in [2.75, 3.05) is 92.6 Å². The van der Waals surface area contributed by atoms with Gasteiger partial charge in [0.2, 0.25) is 0 Å². The molecular formula is C26H48N8+2. The van der Waals surface area contributed by atoms with Crippen LogP contribution < -0.4 is 21.3 Å². The van der Waals surface area contributed by atoms with Crippen LogP contribution in [0.25, 0.3) is 0 Å². The van der Waals surface area contributed by atoms with Crippen molar-refractivity contribution in [2.45, 2.75) is 38.5 Å². The average Bonchev–Trinajstić information content (AvgIpc) is 2.87. The number of rotatable bonds is 6. The topological polar surface area (TPSA) is 54.6 Å². The van der Waals surface area contributed by atoms with Crippen LogP contribution in [0.15, 0.2) is 24.3 Å². The molecular weight excluding hydrogens is 424 g/mol. The van der Waals surface area contributed by atoms with Gasteiger partial charge in [-0.05, 0) is 39.0 Å². The van der Waals surface area contributed by atoms with Crippen molar-refractivity contribution in [3.63, 3.8) is 0 Å². The van der Waals surface area contributed by atoms with E-state index < -0.39 is 0 Å². The van der Waals surface area contributed by atoms with Crippen LogP contribution >= 0.6 is 0 Å². The van der Waals surface area contributed by atoms with E-state index in [-0.39, 0.29) is 0 Å². The van der Waals surface area contributed by atoms with Crippen LogP contribution in [0.5, 0.6) is 0 Å². The van der Waals surface area contributed by atoms with Gasteiger partial charge in [0.15, 0.2) is 0 Å². The number of quaternary nitrogens is 2. The zero-order chi connectivity index (χ0) is 23.4. The minimum atomic E-state index is 0.378. The van der Waals surface area contributed by atoms with E-state index in [1.165, 1.54) is 50.1 Å². The first-order valence-electron chi connectivity index (χ1n) is 13.7. The fraction of sp³-hybridized carbons (Fsp3) is 0.769. The molecule has 0 unspecified atom stereocenters. The van der Waals surface area contributed by atoms with Crippen molar-refractivity contribution in [1.29, 1.82) is 0 Å². The molecule has 8 nitrogen and oxygen atoms in total. The Hall–Kier alpha value is -1.10. The first-order chi connectivity index (χ1) is 16.5. The van der Waals surface area contributed by atoms with Crippen molar-refractivity contribution in [3.05, 3.63) is 35.4 Å². The maximum Gasteiger partial charge on any atom is 0.114 e. The molecule has 0 atom stereocenters. The fourth-order valence-electron chi connectivity index (χ4n) is 6.18. The molecule has 4 fully saturated rings. The van der Waals surface area contributed by atoms with Crippen LogP contribution in [0.4, 0.5) is 0 Å². The highest BCUT2D eigenvalue weighted by molar-refractivity contribution is 5.21. The molecule has 5 rings (SSSR count). The fourth-order valence-corrected chi connectivity index (χ4v) is 6.18. The third kappa shape index (κ3) is 6.17. The highest BCUT2D eigenvalue weighted by Gasteiger charge is 2.34. The number of nitrogens with one attached hydrogen (secondary N) is 4. The van der Waals surface area contributed by atoms with E-state index in [0.717, 1.165) is 74.4 Å². The molecule has 8 heteroatoms. The molecule has 0 radical (unpaired) electrons. The van der Waals surface area contributed by atoms with Crippen LogP contribution in [0, 0.1) is 0 Å². The van der Waals surface area contributed by atoms with Crippen molar-refractivity contribution in [2.24, 2.45) is 0 Å². The molecule has 0 saturated carbocycles. The van der Waals surface area contributed by atoms with Crippen LogP contribution in [-0.2, 0) is 13.1 Å². The zero-order valence-electron chi connectivity index (χ0n) is 21.6. The lowest BCUT2D eigenvalue weighted by atomic mass is 10.1. The maximum absolute atomic E-state index is 3.63. The van der Waals surface area contributed by atoms with E-state index in [4.69, 9.17) is 0 Å². The molecule has 1 aromatic rings. The Morgan fingerprint density at radius 2 is 0.941 bits per heavy atom. The van der Waals surface area contributed by atoms with Gasteiger partial charge < -0.3 is 8.97 Å². The van der Waals surface area contributed by atoms with Crippen molar-refractivity contribution in [3.8, 4) is 0 Å². The van der Waals surface area contributed by atoms with E-state index >= 15 is 0 Å². The summed E-state index contributed by atoms with van der Waals surface area (Å²) in [4.78, 5) is 5.18. The van der Waals surface area contributed by atoms with Crippen molar-refractivity contribution in [1.82, 2.24) is 31.1 Å². The highest BCUT2D eigenvalue weighted by atomic mass is 15.5. The molecule has 1 aromatic carbocycles. The Labute approximate surface area is 206 Å². The Bertz CT molecular complexity index is 691. The van der Waals surface area contributed by atoms with Crippen molar-refractivity contribution < 1.29 is 8.97 Å². The van der Waals surface area contributed by atoms with Gasteiger partial charge in [-0.2, -0.15) is 0 Å². The highest BCUT2D eigenvalue weighted by Crippen LogP contribution is 2.20. The molecule has 4 heterocycles. The number of hydrogen-bond donors (Lipinski definition) is 4. The van der Waals surface area contributed by atoms with Gasteiger partial charge in [-0.1, -0.05) is 24.3 Å². The molecule has 4 aliphatic rings. The van der Waals surface area contributed by atoms with E-state index in [1.807, 2.05) is 0 Å². The molecule has 34 heavy (non-hydrogen) atoms. The largest absolute Gasteiger partial charge is 0.320 e. The summed E-state index contributed by atoms with van der Waals surface area (Å²) >= 11 is 0. The van der Waals surface area contributed by atoms with Crippen LogP contribution in [0.1, 0.15) is 24.0 Å². The minimum Gasteiger partial charge on any atom is -0.320 e. The first kappa shape index (κ1) is 24.6. The third-order valence-electron chi connectivity index (χ3n) is 8.65. The normalized spacial score (nSPS) is 27.6. The Morgan fingerprint density at radius 3 is 1.26 bits per heavy atom. The predicted molar refractivity (Wildman–Crippen MR) is 138 cm³/mol. The summed E-state index contributed by atoms with van der Waals surface area (Å²) in [6, 6.07) is 9.59. The first-order valence-corrected chi connectivity index (χ1v) is 13.7. The zero-order valence-corrected chi connectivity index (χ0v) is 21.6. The van der Waals surface area contributed by atoms with Gasteiger partial charge in [-0.3, -0.25) is 31.1 Å². The monoisotopic (exact) mass is 472 g/mol. The lowest BCUT2D eigenvalue weighted by Gasteiger charge is -2.45. The quantitative estimate of drug-likeness (QED) is 0.436. The SMILES string of the molecule is C[N+]1(Cc2ccc(C[N+]3(C)CCN(C4NCCCN4)CC3)cc2)CCN(C2NCCCN2)CC1. The summed E-state index contributed by atoms with van der Waals surface area (Å²) in [6.45, 7) is 16.4. The van der Waals surface area contributed by atoms with Crippen LogP contribution in [0.2, 0.25) is 0 Å². The van der Waals surface area contributed by atoms with Crippen molar-refractivity contribution >= 4 is 0 Å². The van der Waals surface area contributed by atoms with E-state index in [2.05, 4.69) is 69.4 Å².